The van der Waals surface area contributed by atoms with Gasteiger partial charge in [-0.15, -0.1) is 0 Å². The maximum absolute atomic E-state index is 13.6. The van der Waals surface area contributed by atoms with Crippen molar-refractivity contribution in [3.05, 3.63) is 94.5 Å². The summed E-state index contributed by atoms with van der Waals surface area (Å²) in [6.07, 6.45) is 1.26. The Bertz CT molecular complexity index is 1430. The summed E-state index contributed by atoms with van der Waals surface area (Å²) in [7, 11) is 0. The van der Waals surface area contributed by atoms with E-state index in [4.69, 9.17) is 4.42 Å². The largest absolute Gasteiger partial charge is 0.422 e. The average Bonchev–Trinajstić information content (AvgIpc) is 2.76. The van der Waals surface area contributed by atoms with E-state index in [-0.39, 0.29) is 28.3 Å². The lowest BCUT2D eigenvalue weighted by molar-refractivity contribution is 0.102. The van der Waals surface area contributed by atoms with Crippen LogP contribution in [0.5, 0.6) is 0 Å². The van der Waals surface area contributed by atoms with E-state index in [2.05, 4.69) is 10.3 Å². The van der Waals surface area contributed by atoms with E-state index in [9.17, 15) is 27.1 Å². The van der Waals surface area contributed by atoms with Crippen LogP contribution in [0.3, 0.4) is 0 Å². The molecule has 0 bridgehead atoms. The van der Waals surface area contributed by atoms with Gasteiger partial charge in [0.05, 0.1) is 11.3 Å². The van der Waals surface area contributed by atoms with E-state index in [1.54, 1.807) is 12.1 Å². The number of carbonyl (C=O) groups excluding carboxylic acids is 1. The summed E-state index contributed by atoms with van der Waals surface area (Å²) in [6.45, 7) is 0. The zero-order valence-electron chi connectivity index (χ0n) is 16.0. The molecule has 0 radical (unpaired) electrons. The van der Waals surface area contributed by atoms with Crippen LogP contribution in [-0.4, -0.2) is 19.7 Å². The van der Waals surface area contributed by atoms with E-state index >= 15 is 0 Å². The van der Waals surface area contributed by atoms with Gasteiger partial charge in [-0.1, -0.05) is 12.1 Å². The van der Waals surface area contributed by atoms with Gasteiger partial charge in [0.15, 0.2) is 17.2 Å². The zero-order valence-corrected chi connectivity index (χ0v) is 16.8. The molecule has 2 aromatic carbocycles. The summed E-state index contributed by atoms with van der Waals surface area (Å²) in [5.74, 6) is -3.04. The van der Waals surface area contributed by atoms with Crippen molar-refractivity contribution >= 4 is 45.3 Å². The third-order valence-electron chi connectivity index (χ3n) is 4.40. The molecule has 8 nitrogen and oxygen atoms in total. The first kappa shape index (κ1) is 21.3. The first-order valence-corrected chi connectivity index (χ1v) is 10.1. The van der Waals surface area contributed by atoms with Gasteiger partial charge in [0.1, 0.15) is 5.82 Å². The summed E-state index contributed by atoms with van der Waals surface area (Å²) in [4.78, 5) is 28.3. The third-order valence-corrected chi connectivity index (χ3v) is 5.11. The number of para-hydroxylation sites is 1. The Labute approximate surface area is 181 Å². The molecule has 0 aliphatic rings. The van der Waals surface area contributed by atoms with Crippen molar-refractivity contribution in [1.82, 2.24) is 4.98 Å². The minimum absolute atomic E-state index is 0.0989. The van der Waals surface area contributed by atoms with Crippen molar-refractivity contribution in [2.24, 2.45) is 0 Å². The first-order chi connectivity index (χ1) is 15.3. The zero-order chi connectivity index (χ0) is 22.8. The number of halogens is 2. The summed E-state index contributed by atoms with van der Waals surface area (Å²) in [6, 6.07) is 12.9. The third kappa shape index (κ3) is 4.24. The molecule has 2 aromatic heterocycles. The van der Waals surface area contributed by atoms with Crippen LogP contribution >= 0.6 is 0 Å². The van der Waals surface area contributed by atoms with Crippen LogP contribution in [0.2, 0.25) is 0 Å². The van der Waals surface area contributed by atoms with Crippen LogP contribution in [0.15, 0.2) is 76.1 Å². The van der Waals surface area contributed by atoms with E-state index in [1.165, 1.54) is 36.5 Å². The second-order valence-corrected chi connectivity index (χ2v) is 7.29. The van der Waals surface area contributed by atoms with Gasteiger partial charge < -0.3 is 9.73 Å². The van der Waals surface area contributed by atoms with Gasteiger partial charge in [-0.3, -0.25) is 9.35 Å². The molecule has 32 heavy (non-hydrogen) atoms. The molecule has 1 atom stereocenters. The highest BCUT2D eigenvalue weighted by Gasteiger charge is 2.20. The molecule has 4 rings (SSSR count). The molecule has 1 amide bonds. The number of fused-ring (bicyclic) bond motifs is 1. The average molecular weight is 457 g/mol. The second kappa shape index (κ2) is 8.65. The number of amides is 1. The highest BCUT2D eigenvalue weighted by Crippen LogP contribution is 2.28. The highest BCUT2D eigenvalue weighted by atomic mass is 32.2. The van der Waals surface area contributed by atoms with Crippen molar-refractivity contribution in [3.8, 4) is 0 Å². The Kier molecular flexibility index (Phi) is 5.75. The first-order valence-electron chi connectivity index (χ1n) is 9.00. The van der Waals surface area contributed by atoms with Crippen LogP contribution in [-0.2, 0) is 11.3 Å². The molecule has 1 unspecified atom stereocenters. The number of nitrogens with zero attached hydrogens (tertiary/aromatic N) is 2. The summed E-state index contributed by atoms with van der Waals surface area (Å²) >= 11 is -2.68. The SMILES string of the molecule is O=C(Nc1ccnc(N(c2ccc(F)c(F)c2)S(=O)O)c1)c1cccc2ccc(=O)oc12. The van der Waals surface area contributed by atoms with Crippen molar-refractivity contribution in [3.63, 3.8) is 0 Å². The summed E-state index contributed by atoms with van der Waals surface area (Å²) in [5.41, 5.74) is -0.352. The number of anilines is 3. The molecule has 0 saturated heterocycles. The van der Waals surface area contributed by atoms with Crippen LogP contribution in [0.1, 0.15) is 10.4 Å². The fourth-order valence-corrected chi connectivity index (χ4v) is 3.54. The van der Waals surface area contributed by atoms with Gasteiger partial charge in [-0.25, -0.2) is 27.1 Å². The fourth-order valence-electron chi connectivity index (χ4n) is 2.99. The Balaban J connectivity index is 1.68. The standard InChI is InChI=1S/C21H13F2N3O5S/c22-16-6-5-14(11-17(16)23)26(32(29)30)18-10-13(8-9-24-18)25-21(28)15-3-1-2-12-4-7-19(27)31-20(12)15/h1-11H,(H,29,30)(H,24,25,28). The van der Waals surface area contributed by atoms with E-state index in [0.29, 0.717) is 5.39 Å². The van der Waals surface area contributed by atoms with Gasteiger partial charge in [-0.2, -0.15) is 0 Å². The number of nitrogens with one attached hydrogen (secondary N) is 1. The number of aromatic nitrogens is 1. The van der Waals surface area contributed by atoms with Crippen molar-refractivity contribution in [2.75, 3.05) is 9.62 Å². The number of hydrogen-bond acceptors (Lipinski definition) is 5. The van der Waals surface area contributed by atoms with Crippen LogP contribution in [0.25, 0.3) is 11.0 Å². The number of rotatable bonds is 5. The molecule has 2 N–H and O–H groups in total. The predicted molar refractivity (Wildman–Crippen MR) is 114 cm³/mol. The minimum Gasteiger partial charge on any atom is -0.422 e. The molecular weight excluding hydrogens is 444 g/mol. The lowest BCUT2D eigenvalue weighted by Gasteiger charge is -2.19. The van der Waals surface area contributed by atoms with Gasteiger partial charge >= 0.3 is 5.63 Å². The monoisotopic (exact) mass is 457 g/mol. The molecule has 2 heterocycles. The molecule has 0 spiro atoms. The Morgan fingerprint density at radius 2 is 1.88 bits per heavy atom. The fraction of sp³-hybridized carbons (Fsp3) is 0. The number of carbonyl (C=O) groups is 1. The second-order valence-electron chi connectivity index (χ2n) is 6.46. The Hall–Kier alpha value is -3.96. The minimum atomic E-state index is -2.68. The molecule has 4 aromatic rings. The molecule has 0 saturated carbocycles. The smallest absolute Gasteiger partial charge is 0.336 e. The lowest BCUT2D eigenvalue weighted by atomic mass is 10.1. The van der Waals surface area contributed by atoms with E-state index in [1.807, 2.05) is 0 Å². The maximum atomic E-state index is 13.6. The van der Waals surface area contributed by atoms with Gasteiger partial charge in [0.25, 0.3) is 17.2 Å². The molecule has 0 fully saturated rings. The Morgan fingerprint density at radius 1 is 1.06 bits per heavy atom. The van der Waals surface area contributed by atoms with Crippen molar-refractivity contribution < 1.29 is 26.8 Å². The highest BCUT2D eigenvalue weighted by molar-refractivity contribution is 7.81. The predicted octanol–water partition coefficient (Wildman–Crippen LogP) is 3.99. The van der Waals surface area contributed by atoms with E-state index in [0.717, 1.165) is 22.5 Å². The molecule has 0 aliphatic heterocycles. The number of pyridine rings is 1. The quantitative estimate of drug-likeness (QED) is 0.346. The topological polar surface area (TPSA) is 113 Å². The van der Waals surface area contributed by atoms with Gasteiger partial charge in [0.2, 0.25) is 0 Å². The van der Waals surface area contributed by atoms with Crippen LogP contribution in [0, 0.1) is 11.6 Å². The van der Waals surface area contributed by atoms with Crippen molar-refractivity contribution in [2.45, 2.75) is 0 Å². The number of benzene rings is 2. The normalized spacial score (nSPS) is 11.8. The summed E-state index contributed by atoms with van der Waals surface area (Å²) < 4.78 is 54.3. The lowest BCUT2D eigenvalue weighted by Crippen LogP contribution is -2.21. The molecule has 162 valence electrons. The van der Waals surface area contributed by atoms with Crippen LogP contribution < -0.4 is 15.2 Å². The van der Waals surface area contributed by atoms with Crippen molar-refractivity contribution in [1.29, 1.82) is 0 Å². The van der Waals surface area contributed by atoms with Gasteiger partial charge in [0, 0.05) is 35.5 Å². The summed E-state index contributed by atoms with van der Waals surface area (Å²) in [5, 5.41) is 3.14. The Morgan fingerprint density at radius 3 is 2.62 bits per heavy atom. The number of hydrogen-bond donors (Lipinski definition) is 2. The van der Waals surface area contributed by atoms with E-state index < -0.39 is 34.4 Å². The molecule has 0 aliphatic carbocycles. The molecular formula is C21H13F2N3O5S. The van der Waals surface area contributed by atoms with Crippen LogP contribution in [0.4, 0.5) is 26.0 Å². The molecule has 11 heteroatoms. The maximum Gasteiger partial charge on any atom is 0.336 e. The van der Waals surface area contributed by atoms with Gasteiger partial charge in [-0.05, 0) is 30.3 Å².